The molecule has 2 heterocycles. The fourth-order valence-electron chi connectivity index (χ4n) is 2.44. The summed E-state index contributed by atoms with van der Waals surface area (Å²) in [7, 11) is 0. The lowest BCUT2D eigenvalue weighted by Crippen LogP contribution is -2.38. The number of ether oxygens (including phenoxy) is 1. The number of nitrogens with two attached hydrogens (primary N) is 1. The summed E-state index contributed by atoms with van der Waals surface area (Å²) in [6.45, 7) is 5.93. The molecule has 3 N–H and O–H groups in total. The largest absolute Gasteiger partial charge is 0.378 e. The molecule has 2 rings (SSSR count). The second-order valence-electron chi connectivity index (χ2n) is 4.24. The first kappa shape index (κ1) is 11.6. The summed E-state index contributed by atoms with van der Waals surface area (Å²) in [6, 6.07) is 0.0763. The smallest absolute Gasteiger partial charge is 0.127 e. The molecule has 0 amide bonds. The van der Waals surface area contributed by atoms with Crippen molar-refractivity contribution >= 4 is 0 Å². The van der Waals surface area contributed by atoms with E-state index in [0.29, 0.717) is 5.92 Å². The molecule has 16 heavy (non-hydrogen) atoms. The molecule has 0 aliphatic carbocycles. The third-order valence-corrected chi connectivity index (χ3v) is 3.41. The van der Waals surface area contributed by atoms with Gasteiger partial charge in [-0.25, -0.2) is 10.4 Å². The number of rotatable bonds is 4. The van der Waals surface area contributed by atoms with Crippen LogP contribution in [0.1, 0.15) is 32.1 Å². The summed E-state index contributed by atoms with van der Waals surface area (Å²) in [5, 5.41) is 0. The third kappa shape index (κ3) is 1.98. The minimum atomic E-state index is 0.0763. The molecule has 5 nitrogen and oxygen atoms in total. The molecular formula is C11H20N4O. The Morgan fingerprint density at radius 3 is 3.12 bits per heavy atom. The molecule has 3 atom stereocenters. The maximum Gasteiger partial charge on any atom is 0.127 e. The van der Waals surface area contributed by atoms with Gasteiger partial charge in [0.25, 0.3) is 0 Å². The SMILES string of the molecule is CCn1ccnc1C(NN)C1CCOC1C. The van der Waals surface area contributed by atoms with Crippen molar-refractivity contribution in [2.45, 2.75) is 39.0 Å². The predicted molar refractivity (Wildman–Crippen MR) is 61.5 cm³/mol. The van der Waals surface area contributed by atoms with Crippen LogP contribution in [0.4, 0.5) is 0 Å². The summed E-state index contributed by atoms with van der Waals surface area (Å²) >= 11 is 0. The van der Waals surface area contributed by atoms with E-state index >= 15 is 0 Å². The highest BCUT2D eigenvalue weighted by atomic mass is 16.5. The van der Waals surface area contributed by atoms with Crippen molar-refractivity contribution in [1.82, 2.24) is 15.0 Å². The van der Waals surface area contributed by atoms with Crippen molar-refractivity contribution in [2.75, 3.05) is 6.61 Å². The van der Waals surface area contributed by atoms with E-state index in [1.165, 1.54) is 0 Å². The average molecular weight is 224 g/mol. The standard InChI is InChI=1S/C11H20N4O/c1-3-15-6-5-13-11(15)10(14-12)9-4-7-16-8(9)2/h5-6,8-10,14H,3-4,7,12H2,1-2H3. The van der Waals surface area contributed by atoms with Crippen LogP contribution in [0, 0.1) is 5.92 Å². The summed E-state index contributed by atoms with van der Waals surface area (Å²) in [5.74, 6) is 7.08. The number of nitrogens with zero attached hydrogens (tertiary/aromatic N) is 2. The highest BCUT2D eigenvalue weighted by Gasteiger charge is 2.34. The van der Waals surface area contributed by atoms with Gasteiger partial charge in [-0.2, -0.15) is 0 Å². The average Bonchev–Trinajstić information content (AvgIpc) is 2.90. The van der Waals surface area contributed by atoms with E-state index in [9.17, 15) is 0 Å². The third-order valence-electron chi connectivity index (χ3n) is 3.41. The van der Waals surface area contributed by atoms with Gasteiger partial charge < -0.3 is 9.30 Å². The van der Waals surface area contributed by atoms with Crippen molar-refractivity contribution < 1.29 is 4.74 Å². The number of aromatic nitrogens is 2. The Hall–Kier alpha value is -0.910. The van der Waals surface area contributed by atoms with Crippen LogP contribution in [0.25, 0.3) is 0 Å². The highest BCUT2D eigenvalue weighted by Crippen LogP contribution is 2.31. The summed E-state index contributed by atoms with van der Waals surface area (Å²) in [5.41, 5.74) is 2.89. The lowest BCUT2D eigenvalue weighted by atomic mass is 9.93. The number of nitrogens with one attached hydrogen (secondary N) is 1. The fraction of sp³-hybridized carbons (Fsp3) is 0.727. The molecular weight excluding hydrogens is 204 g/mol. The molecule has 1 aliphatic rings. The maximum absolute atomic E-state index is 5.67. The zero-order chi connectivity index (χ0) is 11.5. The zero-order valence-electron chi connectivity index (χ0n) is 9.89. The van der Waals surface area contributed by atoms with Crippen molar-refractivity contribution in [3.05, 3.63) is 18.2 Å². The Labute approximate surface area is 96.0 Å². The number of hydrazine groups is 1. The van der Waals surface area contributed by atoms with E-state index in [-0.39, 0.29) is 12.1 Å². The molecule has 1 aliphatic heterocycles. The van der Waals surface area contributed by atoms with E-state index < -0.39 is 0 Å². The van der Waals surface area contributed by atoms with E-state index in [1.807, 2.05) is 12.4 Å². The Kier molecular flexibility index (Phi) is 3.58. The van der Waals surface area contributed by atoms with Crippen LogP contribution in [-0.2, 0) is 11.3 Å². The molecule has 0 spiro atoms. The van der Waals surface area contributed by atoms with Crippen LogP contribution in [0.15, 0.2) is 12.4 Å². The molecule has 0 aromatic carbocycles. The van der Waals surface area contributed by atoms with Crippen LogP contribution in [0.3, 0.4) is 0 Å². The lowest BCUT2D eigenvalue weighted by Gasteiger charge is -2.25. The molecule has 0 bridgehead atoms. The second kappa shape index (κ2) is 4.95. The first-order chi connectivity index (χ1) is 7.77. The number of aryl methyl sites for hydroxylation is 1. The van der Waals surface area contributed by atoms with Gasteiger partial charge in [0.2, 0.25) is 0 Å². The van der Waals surface area contributed by atoms with Crippen molar-refractivity contribution in [1.29, 1.82) is 0 Å². The van der Waals surface area contributed by atoms with Crippen LogP contribution in [0.5, 0.6) is 0 Å². The number of imidazole rings is 1. The Bertz CT molecular complexity index is 338. The molecule has 90 valence electrons. The van der Waals surface area contributed by atoms with Crippen molar-refractivity contribution in [3.63, 3.8) is 0 Å². The molecule has 3 unspecified atom stereocenters. The van der Waals surface area contributed by atoms with Crippen molar-refractivity contribution in [2.24, 2.45) is 11.8 Å². The monoisotopic (exact) mass is 224 g/mol. The quantitative estimate of drug-likeness (QED) is 0.587. The van der Waals surface area contributed by atoms with Gasteiger partial charge >= 0.3 is 0 Å². The topological polar surface area (TPSA) is 65.1 Å². The van der Waals surface area contributed by atoms with Crippen LogP contribution in [-0.4, -0.2) is 22.3 Å². The molecule has 1 aromatic rings. The van der Waals surface area contributed by atoms with Crippen LogP contribution < -0.4 is 11.3 Å². The Morgan fingerprint density at radius 2 is 2.56 bits per heavy atom. The van der Waals surface area contributed by atoms with Gasteiger partial charge in [-0.15, -0.1) is 0 Å². The lowest BCUT2D eigenvalue weighted by molar-refractivity contribution is 0.0939. The van der Waals surface area contributed by atoms with Gasteiger partial charge in [-0.1, -0.05) is 0 Å². The van der Waals surface area contributed by atoms with E-state index in [4.69, 9.17) is 10.6 Å². The summed E-state index contributed by atoms with van der Waals surface area (Å²) < 4.78 is 7.71. The summed E-state index contributed by atoms with van der Waals surface area (Å²) in [6.07, 6.45) is 5.08. The zero-order valence-corrected chi connectivity index (χ0v) is 9.89. The second-order valence-corrected chi connectivity index (χ2v) is 4.24. The van der Waals surface area contributed by atoms with E-state index in [1.54, 1.807) is 0 Å². The predicted octanol–water partition coefficient (Wildman–Crippen LogP) is 0.832. The Morgan fingerprint density at radius 1 is 1.75 bits per heavy atom. The number of hydrogen-bond donors (Lipinski definition) is 2. The molecule has 1 saturated heterocycles. The highest BCUT2D eigenvalue weighted by molar-refractivity contribution is 5.03. The first-order valence-corrected chi connectivity index (χ1v) is 5.86. The first-order valence-electron chi connectivity index (χ1n) is 5.86. The minimum Gasteiger partial charge on any atom is -0.378 e. The minimum absolute atomic E-state index is 0.0763. The molecule has 1 fully saturated rings. The normalized spacial score (nSPS) is 27.2. The van der Waals surface area contributed by atoms with Crippen LogP contribution >= 0.6 is 0 Å². The molecule has 0 saturated carbocycles. The summed E-state index contributed by atoms with van der Waals surface area (Å²) in [4.78, 5) is 4.40. The van der Waals surface area contributed by atoms with Gasteiger partial charge in [-0.05, 0) is 20.3 Å². The van der Waals surface area contributed by atoms with Gasteiger partial charge in [0, 0.05) is 31.5 Å². The van der Waals surface area contributed by atoms with Gasteiger partial charge in [0.15, 0.2) is 0 Å². The van der Waals surface area contributed by atoms with E-state index in [2.05, 4.69) is 28.8 Å². The van der Waals surface area contributed by atoms with Gasteiger partial charge in [-0.3, -0.25) is 5.84 Å². The van der Waals surface area contributed by atoms with Crippen LogP contribution in [0.2, 0.25) is 0 Å². The number of hydrogen-bond acceptors (Lipinski definition) is 4. The fourth-order valence-corrected chi connectivity index (χ4v) is 2.44. The van der Waals surface area contributed by atoms with Gasteiger partial charge in [0.1, 0.15) is 5.82 Å². The maximum atomic E-state index is 5.67. The molecule has 0 radical (unpaired) electrons. The molecule has 5 heteroatoms. The van der Waals surface area contributed by atoms with Crippen molar-refractivity contribution in [3.8, 4) is 0 Å². The molecule has 1 aromatic heterocycles. The Balaban J connectivity index is 2.21. The van der Waals surface area contributed by atoms with Gasteiger partial charge in [0.05, 0.1) is 12.1 Å². The van der Waals surface area contributed by atoms with E-state index in [0.717, 1.165) is 25.4 Å².